The van der Waals surface area contributed by atoms with E-state index in [0.29, 0.717) is 11.1 Å². The number of hydrogen-bond acceptors (Lipinski definition) is 4. The quantitative estimate of drug-likeness (QED) is 0.582. The number of hydrogen-bond donors (Lipinski definition) is 1. The summed E-state index contributed by atoms with van der Waals surface area (Å²) in [6.07, 6.45) is 5.65. The van der Waals surface area contributed by atoms with Crippen molar-refractivity contribution < 1.29 is 9.18 Å². The molecule has 1 atom stereocenters. The lowest BCUT2D eigenvalue weighted by molar-refractivity contribution is -0.135. The normalized spacial score (nSPS) is 22.9. The number of carbonyl (C=O) groups is 1. The summed E-state index contributed by atoms with van der Waals surface area (Å²) in [5.74, 6) is -0.373. The lowest BCUT2D eigenvalue weighted by atomic mass is 9.65. The number of likely N-dealkylation sites (N-methyl/N-ethyl adjacent to an activating group) is 1. The number of benzene rings is 2. The fourth-order valence-electron chi connectivity index (χ4n) is 6.23. The SMILES string of the molecule is CN1C(=O)[C@@]2(N=C1N)c1cc(-c3cccnc3F)ccc1CC21CCc2ccccc2CC1. The van der Waals surface area contributed by atoms with Gasteiger partial charge in [0.1, 0.15) is 0 Å². The highest BCUT2D eigenvalue weighted by atomic mass is 19.1. The van der Waals surface area contributed by atoms with Crippen molar-refractivity contribution in [2.24, 2.45) is 16.1 Å². The zero-order valence-corrected chi connectivity index (χ0v) is 18.5. The maximum absolute atomic E-state index is 14.5. The van der Waals surface area contributed by atoms with Gasteiger partial charge in [-0.3, -0.25) is 9.69 Å². The first kappa shape index (κ1) is 20.1. The summed E-state index contributed by atoms with van der Waals surface area (Å²) in [6, 6.07) is 17.9. The average molecular weight is 441 g/mol. The largest absolute Gasteiger partial charge is 0.369 e. The molecule has 0 bridgehead atoms. The summed E-state index contributed by atoms with van der Waals surface area (Å²) in [7, 11) is 1.69. The van der Waals surface area contributed by atoms with Crippen LogP contribution in [0.15, 0.2) is 65.8 Å². The molecule has 0 radical (unpaired) electrons. The first-order chi connectivity index (χ1) is 15.9. The lowest BCUT2D eigenvalue weighted by Crippen LogP contribution is -2.49. The molecule has 33 heavy (non-hydrogen) atoms. The molecule has 6 rings (SSSR count). The molecule has 0 saturated carbocycles. The van der Waals surface area contributed by atoms with Crippen LogP contribution in [0.3, 0.4) is 0 Å². The van der Waals surface area contributed by atoms with Gasteiger partial charge in [0.25, 0.3) is 5.91 Å². The van der Waals surface area contributed by atoms with Crippen molar-refractivity contribution in [3.05, 3.63) is 89.0 Å². The van der Waals surface area contributed by atoms with E-state index in [-0.39, 0.29) is 17.3 Å². The molecule has 0 fully saturated rings. The molecule has 2 heterocycles. The highest BCUT2D eigenvalue weighted by Crippen LogP contribution is 2.61. The Bertz CT molecular complexity index is 1310. The second kappa shape index (κ2) is 6.98. The Morgan fingerprint density at radius 3 is 2.36 bits per heavy atom. The van der Waals surface area contributed by atoms with Crippen LogP contribution >= 0.6 is 0 Å². The number of halogens is 1. The maximum atomic E-state index is 14.5. The summed E-state index contributed by atoms with van der Waals surface area (Å²) in [5, 5.41) is 0. The molecule has 166 valence electrons. The number of aryl methyl sites for hydroxylation is 2. The number of aromatic nitrogens is 1. The molecule has 2 aliphatic carbocycles. The van der Waals surface area contributed by atoms with E-state index in [1.807, 2.05) is 18.2 Å². The van der Waals surface area contributed by atoms with Crippen LogP contribution in [0, 0.1) is 11.4 Å². The zero-order chi connectivity index (χ0) is 22.8. The fraction of sp³-hybridized carbons (Fsp3) is 0.296. The number of carbonyl (C=O) groups excluding carboxylic acids is 1. The van der Waals surface area contributed by atoms with Gasteiger partial charge in [-0.25, -0.2) is 9.98 Å². The summed E-state index contributed by atoms with van der Waals surface area (Å²) < 4.78 is 14.5. The minimum absolute atomic E-state index is 0.0893. The van der Waals surface area contributed by atoms with E-state index in [0.717, 1.165) is 43.2 Å². The van der Waals surface area contributed by atoms with Crippen LogP contribution in [0.25, 0.3) is 11.1 Å². The molecule has 2 N–H and O–H groups in total. The predicted octanol–water partition coefficient (Wildman–Crippen LogP) is 3.99. The van der Waals surface area contributed by atoms with E-state index >= 15 is 0 Å². The van der Waals surface area contributed by atoms with E-state index in [2.05, 4.69) is 29.2 Å². The van der Waals surface area contributed by atoms with Crippen molar-refractivity contribution in [2.75, 3.05) is 7.05 Å². The Kier molecular flexibility index (Phi) is 4.25. The molecule has 1 aliphatic heterocycles. The van der Waals surface area contributed by atoms with Gasteiger partial charge in [0, 0.05) is 24.2 Å². The molecule has 3 aliphatic rings. The third kappa shape index (κ3) is 2.67. The third-order valence-electron chi connectivity index (χ3n) is 7.97. The van der Waals surface area contributed by atoms with E-state index in [1.165, 1.54) is 22.2 Å². The van der Waals surface area contributed by atoms with Crippen molar-refractivity contribution in [1.29, 1.82) is 0 Å². The fourth-order valence-corrected chi connectivity index (χ4v) is 6.23. The molecule has 0 saturated heterocycles. The Balaban J connectivity index is 1.54. The van der Waals surface area contributed by atoms with Gasteiger partial charge in [-0.2, -0.15) is 4.39 Å². The lowest BCUT2D eigenvalue weighted by Gasteiger charge is -2.40. The van der Waals surface area contributed by atoms with Crippen LogP contribution in [0.1, 0.15) is 35.1 Å². The van der Waals surface area contributed by atoms with Gasteiger partial charge in [0.15, 0.2) is 11.5 Å². The molecule has 2 aromatic carbocycles. The van der Waals surface area contributed by atoms with Gasteiger partial charge in [0.2, 0.25) is 5.95 Å². The molecular weight excluding hydrogens is 415 g/mol. The first-order valence-corrected chi connectivity index (χ1v) is 11.4. The highest BCUT2D eigenvalue weighted by Gasteiger charge is 2.65. The highest BCUT2D eigenvalue weighted by molar-refractivity contribution is 6.08. The molecule has 1 aromatic heterocycles. The summed E-state index contributed by atoms with van der Waals surface area (Å²) >= 11 is 0. The molecule has 6 heteroatoms. The number of nitrogens with zero attached hydrogens (tertiary/aromatic N) is 3. The summed E-state index contributed by atoms with van der Waals surface area (Å²) in [4.78, 5) is 24.1. The molecule has 2 spiro atoms. The van der Waals surface area contributed by atoms with Crippen LogP contribution in [0.5, 0.6) is 0 Å². The topological polar surface area (TPSA) is 71.6 Å². The van der Waals surface area contributed by atoms with Crippen molar-refractivity contribution >= 4 is 11.9 Å². The van der Waals surface area contributed by atoms with Gasteiger partial charge in [0.05, 0.1) is 0 Å². The number of amides is 1. The van der Waals surface area contributed by atoms with Crippen molar-refractivity contribution in [3.8, 4) is 11.1 Å². The molecule has 3 aromatic rings. The van der Waals surface area contributed by atoms with Crippen LogP contribution in [0.2, 0.25) is 0 Å². The predicted molar refractivity (Wildman–Crippen MR) is 125 cm³/mol. The van der Waals surface area contributed by atoms with E-state index < -0.39 is 11.5 Å². The number of aliphatic imine (C=N–C) groups is 1. The monoisotopic (exact) mass is 440 g/mol. The van der Waals surface area contributed by atoms with Crippen molar-refractivity contribution in [1.82, 2.24) is 9.88 Å². The van der Waals surface area contributed by atoms with Gasteiger partial charge in [-0.1, -0.05) is 36.4 Å². The second-order valence-corrected chi connectivity index (χ2v) is 9.48. The van der Waals surface area contributed by atoms with Crippen LogP contribution in [-0.2, 0) is 29.6 Å². The average Bonchev–Trinajstić information content (AvgIpc) is 3.12. The number of pyridine rings is 1. The maximum Gasteiger partial charge on any atom is 0.262 e. The minimum atomic E-state index is -1.09. The third-order valence-corrected chi connectivity index (χ3v) is 7.97. The van der Waals surface area contributed by atoms with E-state index in [4.69, 9.17) is 10.7 Å². The van der Waals surface area contributed by atoms with Gasteiger partial charge >= 0.3 is 0 Å². The van der Waals surface area contributed by atoms with Crippen molar-refractivity contribution in [2.45, 2.75) is 37.6 Å². The van der Waals surface area contributed by atoms with Crippen molar-refractivity contribution in [3.63, 3.8) is 0 Å². The summed E-state index contributed by atoms with van der Waals surface area (Å²) in [6.45, 7) is 0. The first-order valence-electron chi connectivity index (χ1n) is 11.4. The summed E-state index contributed by atoms with van der Waals surface area (Å²) in [5.41, 5.74) is 10.5. The van der Waals surface area contributed by atoms with E-state index in [9.17, 15) is 9.18 Å². The molecule has 0 unspecified atom stereocenters. The van der Waals surface area contributed by atoms with Gasteiger partial charge in [-0.05, 0) is 78.1 Å². The minimum Gasteiger partial charge on any atom is -0.369 e. The molecular formula is C27H25FN4O. The zero-order valence-electron chi connectivity index (χ0n) is 18.5. The smallest absolute Gasteiger partial charge is 0.262 e. The molecule has 1 amide bonds. The Morgan fingerprint density at radius 1 is 1.00 bits per heavy atom. The van der Waals surface area contributed by atoms with Gasteiger partial charge in [-0.15, -0.1) is 0 Å². The Hall–Kier alpha value is -3.54. The van der Waals surface area contributed by atoms with E-state index in [1.54, 1.807) is 19.2 Å². The Labute approximate surface area is 192 Å². The number of fused-ring (bicyclic) bond motifs is 4. The van der Waals surface area contributed by atoms with Crippen LogP contribution < -0.4 is 5.73 Å². The van der Waals surface area contributed by atoms with Crippen LogP contribution in [-0.4, -0.2) is 28.8 Å². The molecule has 5 nitrogen and oxygen atoms in total. The number of nitrogens with two attached hydrogens (primary N) is 1. The number of guanidine groups is 1. The standard InChI is InChI=1S/C27H25FN4O/c1-32-24(33)27(31-25(32)29)22-15-19(21-7-4-14-30-23(21)28)8-9-20(22)16-26(27)12-10-17-5-2-3-6-18(17)11-13-26/h2-9,14-15H,10-13,16H2,1H3,(H2,29,31)/t27-/m0/s1. The van der Waals surface area contributed by atoms with Crippen LogP contribution in [0.4, 0.5) is 4.39 Å². The Morgan fingerprint density at radius 2 is 1.73 bits per heavy atom. The van der Waals surface area contributed by atoms with Gasteiger partial charge < -0.3 is 5.73 Å². The number of rotatable bonds is 1. The second-order valence-electron chi connectivity index (χ2n) is 9.48.